The highest BCUT2D eigenvalue weighted by atomic mass is 16.4. The second-order valence-electron chi connectivity index (χ2n) is 8.44. The fraction of sp³-hybridized carbons (Fsp3) is 0.455. The molecule has 0 fully saturated rings. The monoisotopic (exact) mass is 509 g/mol. The van der Waals surface area contributed by atoms with E-state index in [-0.39, 0.29) is 12.2 Å². The van der Waals surface area contributed by atoms with Crippen LogP contribution in [-0.4, -0.2) is 75.1 Å². The van der Waals surface area contributed by atoms with Crippen molar-refractivity contribution in [3.8, 4) is 5.75 Å². The molecular formula is C22H31N5O9. The molecule has 36 heavy (non-hydrogen) atoms. The number of aliphatic carboxylic acids is 2. The molecular weight excluding hydrogens is 478 g/mol. The average molecular weight is 510 g/mol. The molecule has 1 rings (SSSR count). The molecule has 0 aromatic heterocycles. The van der Waals surface area contributed by atoms with E-state index in [9.17, 15) is 39.0 Å². The van der Waals surface area contributed by atoms with Crippen LogP contribution in [0.5, 0.6) is 5.75 Å². The Balaban J connectivity index is 3.16. The third kappa shape index (κ3) is 9.97. The zero-order chi connectivity index (χ0) is 27.6. The maximum atomic E-state index is 13.1. The van der Waals surface area contributed by atoms with Gasteiger partial charge in [-0.2, -0.15) is 0 Å². The zero-order valence-electron chi connectivity index (χ0n) is 19.8. The van der Waals surface area contributed by atoms with Gasteiger partial charge in [0.25, 0.3) is 0 Å². The summed E-state index contributed by atoms with van der Waals surface area (Å²) in [5, 5.41) is 34.5. The van der Waals surface area contributed by atoms with Gasteiger partial charge >= 0.3 is 11.9 Å². The van der Waals surface area contributed by atoms with E-state index < -0.39 is 78.5 Å². The lowest BCUT2D eigenvalue weighted by Gasteiger charge is -2.25. The van der Waals surface area contributed by atoms with Gasteiger partial charge in [-0.05, 0) is 23.6 Å². The number of benzene rings is 1. The van der Waals surface area contributed by atoms with Gasteiger partial charge in [0, 0.05) is 6.42 Å². The first-order valence-electron chi connectivity index (χ1n) is 10.9. The summed E-state index contributed by atoms with van der Waals surface area (Å²) in [6.45, 7) is 3.09. The number of carbonyl (C=O) groups is 6. The van der Waals surface area contributed by atoms with Gasteiger partial charge in [0.2, 0.25) is 23.6 Å². The van der Waals surface area contributed by atoms with E-state index in [1.807, 2.05) is 0 Å². The molecule has 10 N–H and O–H groups in total. The summed E-state index contributed by atoms with van der Waals surface area (Å²) in [7, 11) is 0. The van der Waals surface area contributed by atoms with Gasteiger partial charge in [-0.15, -0.1) is 0 Å². The Kier molecular flexibility index (Phi) is 11.3. The molecule has 0 aliphatic rings. The van der Waals surface area contributed by atoms with Crippen molar-refractivity contribution in [3.63, 3.8) is 0 Å². The number of carboxylic acids is 2. The second kappa shape index (κ2) is 13.6. The molecule has 4 atom stereocenters. The first-order valence-corrected chi connectivity index (χ1v) is 10.9. The predicted molar refractivity (Wildman–Crippen MR) is 124 cm³/mol. The number of primary amides is 1. The molecule has 1 aromatic rings. The van der Waals surface area contributed by atoms with Gasteiger partial charge in [-0.3, -0.25) is 24.0 Å². The quantitative estimate of drug-likeness (QED) is 0.134. The molecule has 14 heteroatoms. The first kappa shape index (κ1) is 29.8. The van der Waals surface area contributed by atoms with E-state index in [0.717, 1.165) is 0 Å². The van der Waals surface area contributed by atoms with Crippen molar-refractivity contribution >= 4 is 35.6 Å². The molecule has 0 aliphatic heterocycles. The standard InChI is InChI=1S/C22H31N5O9/c1-10(2)18(22(35)36)27-21(34)15(9-16(24)29)26-20(33)14(7-11-3-5-12(28)6-4-11)25-19(32)13(23)8-17(30)31/h3-6,10,13-15,18,28H,7-9,23H2,1-2H3,(H2,24,29)(H,25,32)(H,26,33)(H,27,34)(H,30,31)(H,35,36). The number of aromatic hydroxyl groups is 1. The number of rotatable bonds is 14. The summed E-state index contributed by atoms with van der Waals surface area (Å²) in [5.74, 6) is -7.09. The molecule has 4 unspecified atom stereocenters. The molecule has 198 valence electrons. The van der Waals surface area contributed by atoms with Crippen molar-refractivity contribution in [2.24, 2.45) is 17.4 Å². The molecule has 0 saturated heterocycles. The van der Waals surface area contributed by atoms with E-state index in [2.05, 4.69) is 16.0 Å². The highest BCUT2D eigenvalue weighted by Crippen LogP contribution is 2.12. The number of nitrogens with two attached hydrogens (primary N) is 2. The van der Waals surface area contributed by atoms with E-state index in [1.165, 1.54) is 24.3 Å². The lowest BCUT2D eigenvalue weighted by atomic mass is 10.0. The number of carbonyl (C=O) groups excluding carboxylic acids is 4. The minimum Gasteiger partial charge on any atom is -0.508 e. The van der Waals surface area contributed by atoms with Gasteiger partial charge in [0.15, 0.2) is 0 Å². The minimum atomic E-state index is -1.57. The second-order valence-corrected chi connectivity index (χ2v) is 8.44. The van der Waals surface area contributed by atoms with Crippen molar-refractivity contribution < 1.29 is 44.1 Å². The number of phenols is 1. The summed E-state index contributed by atoms with van der Waals surface area (Å²) < 4.78 is 0. The smallest absolute Gasteiger partial charge is 0.326 e. The lowest BCUT2D eigenvalue weighted by Crippen LogP contribution is -2.58. The predicted octanol–water partition coefficient (Wildman–Crippen LogP) is -2.19. The molecule has 0 heterocycles. The fourth-order valence-corrected chi connectivity index (χ4v) is 3.09. The Morgan fingerprint density at radius 2 is 1.36 bits per heavy atom. The Bertz CT molecular complexity index is 981. The molecule has 0 bridgehead atoms. The van der Waals surface area contributed by atoms with Crippen molar-refractivity contribution in [2.75, 3.05) is 0 Å². The van der Waals surface area contributed by atoms with Crippen LogP contribution in [0.1, 0.15) is 32.3 Å². The number of amides is 4. The molecule has 1 aromatic carbocycles. The SMILES string of the molecule is CC(C)C(NC(=O)C(CC(N)=O)NC(=O)C(Cc1ccc(O)cc1)NC(=O)C(N)CC(=O)O)C(=O)O. The minimum absolute atomic E-state index is 0.0522. The lowest BCUT2D eigenvalue weighted by molar-refractivity contribution is -0.143. The zero-order valence-corrected chi connectivity index (χ0v) is 19.8. The third-order valence-corrected chi connectivity index (χ3v) is 5.01. The van der Waals surface area contributed by atoms with Crippen LogP contribution in [0.4, 0.5) is 0 Å². The maximum absolute atomic E-state index is 13.1. The molecule has 0 spiro atoms. The summed E-state index contributed by atoms with van der Waals surface area (Å²) in [6, 6.07) is -0.143. The van der Waals surface area contributed by atoms with Gasteiger partial charge in [0.05, 0.1) is 18.9 Å². The number of phenolic OH excluding ortho intramolecular Hbond substituents is 1. The first-order chi connectivity index (χ1) is 16.7. The van der Waals surface area contributed by atoms with Crippen LogP contribution in [0.15, 0.2) is 24.3 Å². The normalized spacial score (nSPS) is 14.1. The average Bonchev–Trinajstić information content (AvgIpc) is 2.76. The van der Waals surface area contributed by atoms with E-state index >= 15 is 0 Å². The van der Waals surface area contributed by atoms with Crippen LogP contribution in [-0.2, 0) is 35.2 Å². The molecule has 0 radical (unpaired) electrons. The topological polar surface area (TPSA) is 251 Å². The molecule has 4 amide bonds. The summed E-state index contributed by atoms with van der Waals surface area (Å²) in [4.78, 5) is 72.0. The van der Waals surface area contributed by atoms with Gasteiger partial charge in [-0.25, -0.2) is 4.79 Å². The number of carboxylic acid groups (broad SMARTS) is 2. The highest BCUT2D eigenvalue weighted by molar-refractivity contribution is 5.96. The van der Waals surface area contributed by atoms with E-state index in [0.29, 0.717) is 5.56 Å². The Hall–Kier alpha value is -4.20. The van der Waals surface area contributed by atoms with Crippen LogP contribution in [0, 0.1) is 5.92 Å². The van der Waals surface area contributed by atoms with E-state index in [1.54, 1.807) is 13.8 Å². The Morgan fingerprint density at radius 1 is 0.833 bits per heavy atom. The van der Waals surface area contributed by atoms with Crippen molar-refractivity contribution in [1.29, 1.82) is 0 Å². The summed E-state index contributed by atoms with van der Waals surface area (Å²) in [5.41, 5.74) is 11.2. The summed E-state index contributed by atoms with van der Waals surface area (Å²) in [6.07, 6.45) is -1.54. The van der Waals surface area contributed by atoms with Crippen LogP contribution in [0.25, 0.3) is 0 Å². The third-order valence-electron chi connectivity index (χ3n) is 5.01. The number of hydrogen-bond donors (Lipinski definition) is 8. The largest absolute Gasteiger partial charge is 0.508 e. The van der Waals surface area contributed by atoms with Gasteiger partial charge in [-0.1, -0.05) is 26.0 Å². The van der Waals surface area contributed by atoms with Crippen LogP contribution < -0.4 is 27.4 Å². The van der Waals surface area contributed by atoms with E-state index in [4.69, 9.17) is 16.6 Å². The molecule has 14 nitrogen and oxygen atoms in total. The Labute approximate surface area is 206 Å². The van der Waals surface area contributed by atoms with Gasteiger partial charge < -0.3 is 42.7 Å². The van der Waals surface area contributed by atoms with Gasteiger partial charge in [0.1, 0.15) is 23.9 Å². The highest BCUT2D eigenvalue weighted by Gasteiger charge is 2.32. The summed E-state index contributed by atoms with van der Waals surface area (Å²) >= 11 is 0. The van der Waals surface area contributed by atoms with Crippen LogP contribution in [0.3, 0.4) is 0 Å². The molecule has 0 saturated carbocycles. The molecule has 0 aliphatic carbocycles. The van der Waals surface area contributed by atoms with Crippen LogP contribution >= 0.6 is 0 Å². The van der Waals surface area contributed by atoms with Crippen molar-refractivity contribution in [1.82, 2.24) is 16.0 Å². The van der Waals surface area contributed by atoms with Crippen LogP contribution in [0.2, 0.25) is 0 Å². The fourth-order valence-electron chi connectivity index (χ4n) is 3.09. The maximum Gasteiger partial charge on any atom is 0.326 e. The van der Waals surface area contributed by atoms with Crippen molar-refractivity contribution in [3.05, 3.63) is 29.8 Å². The van der Waals surface area contributed by atoms with Crippen molar-refractivity contribution in [2.45, 2.75) is 57.3 Å². The number of nitrogens with one attached hydrogen (secondary N) is 3. The number of hydrogen-bond acceptors (Lipinski definition) is 8. The Morgan fingerprint density at radius 3 is 1.83 bits per heavy atom.